The number of H-pyrrole nitrogens is 1. The van der Waals surface area contributed by atoms with Gasteiger partial charge in [0.25, 0.3) is 5.91 Å². The van der Waals surface area contributed by atoms with Gasteiger partial charge in [0.05, 0.1) is 0 Å². The van der Waals surface area contributed by atoms with Crippen molar-refractivity contribution in [3.63, 3.8) is 0 Å². The highest BCUT2D eigenvalue weighted by Crippen LogP contribution is 2.31. The van der Waals surface area contributed by atoms with E-state index in [0.717, 1.165) is 33.4 Å². The second-order valence-corrected chi connectivity index (χ2v) is 7.33. The topological polar surface area (TPSA) is 70.9 Å². The van der Waals surface area contributed by atoms with Gasteiger partial charge in [-0.15, -0.1) is 0 Å². The van der Waals surface area contributed by atoms with Crippen molar-refractivity contribution in [3.8, 4) is 0 Å². The number of aromatic amines is 1. The maximum atomic E-state index is 12.6. The first kappa shape index (κ1) is 16.3. The first-order chi connectivity index (χ1) is 11.2. The molecule has 1 amide bonds. The Kier molecular flexibility index (Phi) is 3.74. The predicted octanol–water partition coefficient (Wildman–Crippen LogP) is 4.63. The Bertz CT molecular complexity index is 926. The van der Waals surface area contributed by atoms with Gasteiger partial charge in [-0.3, -0.25) is 9.89 Å². The molecule has 3 aromatic rings. The molecule has 0 atom stereocenters. The van der Waals surface area contributed by atoms with Gasteiger partial charge in [-0.05, 0) is 31.9 Å². The Morgan fingerprint density at radius 3 is 2.42 bits per heavy atom. The molecule has 3 rings (SSSR count). The standard InChI is InChI=1S/C19H23N3O2/c1-10-7-8-11(2)16-15(10)12(3)17(24-16)18(23)20-14-9-13(21-22-14)19(4,5)6/h7-9H,1-6H3,(H2,20,21,22,23). The third-order valence-corrected chi connectivity index (χ3v) is 4.32. The second-order valence-electron chi connectivity index (χ2n) is 7.33. The quantitative estimate of drug-likeness (QED) is 0.721. The summed E-state index contributed by atoms with van der Waals surface area (Å²) in [4.78, 5) is 12.6. The number of aryl methyl sites for hydroxylation is 3. The molecule has 0 fully saturated rings. The van der Waals surface area contributed by atoms with Crippen molar-refractivity contribution in [3.05, 3.63) is 46.3 Å². The second kappa shape index (κ2) is 5.51. The van der Waals surface area contributed by atoms with Gasteiger partial charge in [0.15, 0.2) is 11.6 Å². The first-order valence-electron chi connectivity index (χ1n) is 8.05. The van der Waals surface area contributed by atoms with E-state index in [1.54, 1.807) is 0 Å². The zero-order valence-corrected chi connectivity index (χ0v) is 15.0. The van der Waals surface area contributed by atoms with Gasteiger partial charge in [-0.25, -0.2) is 0 Å². The Labute approximate surface area is 141 Å². The fourth-order valence-corrected chi connectivity index (χ4v) is 2.83. The van der Waals surface area contributed by atoms with Gasteiger partial charge in [-0.1, -0.05) is 32.9 Å². The smallest absolute Gasteiger partial charge is 0.292 e. The van der Waals surface area contributed by atoms with E-state index in [1.807, 2.05) is 39.0 Å². The summed E-state index contributed by atoms with van der Waals surface area (Å²) < 4.78 is 5.87. The first-order valence-corrected chi connectivity index (χ1v) is 8.05. The summed E-state index contributed by atoms with van der Waals surface area (Å²) in [5, 5.41) is 11.0. The van der Waals surface area contributed by atoms with Crippen LogP contribution in [-0.2, 0) is 5.41 Å². The van der Waals surface area contributed by atoms with E-state index in [-0.39, 0.29) is 11.3 Å². The van der Waals surface area contributed by atoms with Gasteiger partial charge >= 0.3 is 0 Å². The molecular weight excluding hydrogens is 302 g/mol. The molecule has 0 saturated carbocycles. The van der Waals surface area contributed by atoms with Crippen LogP contribution >= 0.6 is 0 Å². The van der Waals surface area contributed by atoms with Crippen LogP contribution in [0.25, 0.3) is 11.0 Å². The van der Waals surface area contributed by atoms with E-state index in [0.29, 0.717) is 11.6 Å². The number of carbonyl (C=O) groups excluding carboxylic acids is 1. The highest BCUT2D eigenvalue weighted by atomic mass is 16.3. The summed E-state index contributed by atoms with van der Waals surface area (Å²) in [6, 6.07) is 5.91. The third-order valence-electron chi connectivity index (χ3n) is 4.32. The highest BCUT2D eigenvalue weighted by Gasteiger charge is 2.22. The molecule has 0 aliphatic rings. The number of carbonyl (C=O) groups is 1. The molecule has 5 heteroatoms. The number of nitrogens with one attached hydrogen (secondary N) is 2. The lowest BCUT2D eigenvalue weighted by molar-refractivity contribution is 0.0997. The van der Waals surface area contributed by atoms with E-state index in [2.05, 4.69) is 36.3 Å². The van der Waals surface area contributed by atoms with Crippen molar-refractivity contribution in [1.29, 1.82) is 0 Å². The monoisotopic (exact) mass is 325 g/mol. The molecule has 0 radical (unpaired) electrons. The number of furan rings is 1. The number of rotatable bonds is 2. The Hall–Kier alpha value is -2.56. The van der Waals surface area contributed by atoms with E-state index < -0.39 is 0 Å². The SMILES string of the molecule is Cc1ccc(C)c2c(C)c(C(=O)Nc3cc(C(C)(C)C)[nH]n3)oc12. The Morgan fingerprint density at radius 1 is 1.17 bits per heavy atom. The van der Waals surface area contributed by atoms with Crippen molar-refractivity contribution in [1.82, 2.24) is 10.2 Å². The Morgan fingerprint density at radius 2 is 1.83 bits per heavy atom. The summed E-state index contributed by atoms with van der Waals surface area (Å²) in [7, 11) is 0. The number of anilines is 1. The normalized spacial score (nSPS) is 11.9. The summed E-state index contributed by atoms with van der Waals surface area (Å²) >= 11 is 0. The van der Waals surface area contributed by atoms with Crippen molar-refractivity contribution in [2.45, 2.75) is 47.0 Å². The van der Waals surface area contributed by atoms with Gasteiger partial charge in [-0.2, -0.15) is 5.10 Å². The predicted molar refractivity (Wildman–Crippen MR) is 95.7 cm³/mol. The van der Waals surface area contributed by atoms with E-state index in [1.165, 1.54) is 0 Å². The van der Waals surface area contributed by atoms with Crippen LogP contribution in [0.15, 0.2) is 22.6 Å². The molecule has 0 unspecified atom stereocenters. The Balaban J connectivity index is 1.95. The van der Waals surface area contributed by atoms with Crippen LogP contribution in [0, 0.1) is 20.8 Å². The minimum Gasteiger partial charge on any atom is -0.450 e. The molecular formula is C19H23N3O2. The zero-order valence-electron chi connectivity index (χ0n) is 15.0. The fraction of sp³-hybridized carbons (Fsp3) is 0.368. The van der Waals surface area contributed by atoms with E-state index >= 15 is 0 Å². The number of nitrogens with zero attached hydrogens (tertiary/aromatic N) is 1. The molecule has 0 spiro atoms. The number of hydrogen-bond donors (Lipinski definition) is 2. The van der Waals surface area contributed by atoms with Crippen LogP contribution in [-0.4, -0.2) is 16.1 Å². The average Bonchev–Trinajstić information content (AvgIpc) is 3.08. The maximum Gasteiger partial charge on any atom is 0.292 e. The third kappa shape index (κ3) is 2.70. The number of aromatic nitrogens is 2. The molecule has 1 aromatic carbocycles. The number of fused-ring (bicyclic) bond motifs is 1. The summed E-state index contributed by atoms with van der Waals surface area (Å²) in [5.74, 6) is 0.551. The molecule has 2 heterocycles. The van der Waals surface area contributed by atoms with Crippen LogP contribution in [0.1, 0.15) is 53.7 Å². The van der Waals surface area contributed by atoms with Gasteiger partial charge in [0.2, 0.25) is 0 Å². The molecule has 0 aliphatic carbocycles. The van der Waals surface area contributed by atoms with Gasteiger partial charge < -0.3 is 9.73 Å². The molecule has 0 saturated heterocycles. The lowest BCUT2D eigenvalue weighted by atomic mass is 9.92. The van der Waals surface area contributed by atoms with Gasteiger partial charge in [0.1, 0.15) is 5.58 Å². The lowest BCUT2D eigenvalue weighted by Crippen LogP contribution is -2.13. The van der Waals surface area contributed by atoms with E-state index in [4.69, 9.17) is 4.42 Å². The van der Waals surface area contributed by atoms with E-state index in [9.17, 15) is 4.79 Å². The average molecular weight is 325 g/mol. The van der Waals surface area contributed by atoms with Crippen LogP contribution in [0.4, 0.5) is 5.82 Å². The molecule has 5 nitrogen and oxygen atoms in total. The van der Waals surface area contributed by atoms with Crippen molar-refractivity contribution in [2.75, 3.05) is 5.32 Å². The van der Waals surface area contributed by atoms with Gasteiger partial charge in [0, 0.05) is 28.1 Å². The highest BCUT2D eigenvalue weighted by molar-refractivity contribution is 6.06. The summed E-state index contributed by atoms with van der Waals surface area (Å²) in [5.41, 5.74) is 4.66. The van der Waals surface area contributed by atoms with Crippen LogP contribution < -0.4 is 5.32 Å². The molecule has 0 bridgehead atoms. The minimum atomic E-state index is -0.283. The fourth-order valence-electron chi connectivity index (χ4n) is 2.83. The molecule has 0 aliphatic heterocycles. The summed E-state index contributed by atoms with van der Waals surface area (Å²) in [6.45, 7) is 12.2. The lowest BCUT2D eigenvalue weighted by Gasteiger charge is -2.14. The number of amides is 1. The van der Waals surface area contributed by atoms with Crippen LogP contribution in [0.5, 0.6) is 0 Å². The zero-order chi connectivity index (χ0) is 17.6. The largest absolute Gasteiger partial charge is 0.450 e. The minimum absolute atomic E-state index is 0.0561. The van der Waals surface area contributed by atoms with Crippen molar-refractivity contribution < 1.29 is 9.21 Å². The van der Waals surface area contributed by atoms with Crippen LogP contribution in [0.3, 0.4) is 0 Å². The molecule has 2 N–H and O–H groups in total. The van der Waals surface area contributed by atoms with Crippen molar-refractivity contribution in [2.24, 2.45) is 0 Å². The molecule has 2 aromatic heterocycles. The summed E-state index contributed by atoms with van der Waals surface area (Å²) in [6.07, 6.45) is 0. The maximum absolute atomic E-state index is 12.6. The van der Waals surface area contributed by atoms with Crippen LogP contribution in [0.2, 0.25) is 0 Å². The number of benzene rings is 1. The number of hydrogen-bond acceptors (Lipinski definition) is 3. The molecule has 24 heavy (non-hydrogen) atoms. The van der Waals surface area contributed by atoms with Crippen molar-refractivity contribution >= 4 is 22.7 Å². The molecule has 126 valence electrons.